The summed E-state index contributed by atoms with van der Waals surface area (Å²) in [6.45, 7) is 39.4. The second-order valence-corrected chi connectivity index (χ2v) is 28.8. The van der Waals surface area contributed by atoms with Gasteiger partial charge in [0, 0.05) is 33.1 Å². The van der Waals surface area contributed by atoms with Gasteiger partial charge in [0.1, 0.15) is 0 Å². The van der Waals surface area contributed by atoms with Crippen molar-refractivity contribution in [2.45, 2.75) is 199 Å². The van der Waals surface area contributed by atoms with Crippen molar-refractivity contribution in [3.8, 4) is 0 Å². The molecule has 346 valence electrons. The predicted molar refractivity (Wildman–Crippen MR) is 292 cm³/mol. The summed E-state index contributed by atoms with van der Waals surface area (Å²) < 4.78 is 1.45. The van der Waals surface area contributed by atoms with E-state index < -0.39 is 0 Å². The second kappa shape index (κ2) is 13.3. The molecule has 3 heterocycles. The Morgan fingerprint density at radius 2 is 0.955 bits per heavy atom. The highest BCUT2D eigenvalue weighted by atomic mass is 32.1. The Morgan fingerprint density at radius 3 is 1.54 bits per heavy atom. The van der Waals surface area contributed by atoms with Crippen LogP contribution < -0.4 is 26.2 Å². The summed E-state index contributed by atoms with van der Waals surface area (Å²) in [7, 11) is 0. The van der Waals surface area contributed by atoms with Gasteiger partial charge < -0.3 is 9.80 Å². The van der Waals surface area contributed by atoms with Gasteiger partial charge in [0.05, 0.1) is 5.00 Å². The molecule has 1 fully saturated rings. The molecule has 0 spiro atoms. The van der Waals surface area contributed by atoms with E-state index in [-0.39, 0.29) is 50.0 Å². The highest BCUT2D eigenvalue weighted by Crippen LogP contribution is 2.62. The van der Waals surface area contributed by atoms with Crippen LogP contribution >= 0.6 is 11.3 Å². The van der Waals surface area contributed by atoms with Crippen molar-refractivity contribution in [3.05, 3.63) is 123 Å². The molecule has 0 N–H and O–H groups in total. The molecule has 2 unspecified atom stereocenters. The van der Waals surface area contributed by atoms with E-state index in [0.29, 0.717) is 0 Å². The van der Waals surface area contributed by atoms with Crippen LogP contribution in [0.3, 0.4) is 0 Å². The van der Waals surface area contributed by atoms with Gasteiger partial charge in [-0.05, 0) is 209 Å². The molecule has 12 rings (SSSR count). The van der Waals surface area contributed by atoms with Crippen LogP contribution in [0.1, 0.15) is 200 Å². The number of nitrogens with zero attached hydrogens (tertiary/aromatic N) is 2. The van der Waals surface area contributed by atoms with Gasteiger partial charge in [-0.3, -0.25) is 0 Å². The zero-order valence-electron chi connectivity index (χ0n) is 43.8. The van der Waals surface area contributed by atoms with Crippen LogP contribution in [-0.4, -0.2) is 6.71 Å². The fraction of sp³-hybridized carbons (Fsp3) is 0.492. The molecule has 0 amide bonds. The Balaban J connectivity index is 1.23. The normalized spacial score (nSPS) is 24.5. The van der Waals surface area contributed by atoms with Crippen molar-refractivity contribution in [2.24, 2.45) is 0 Å². The number of benzene rings is 5. The molecule has 1 aromatic heterocycles. The molecule has 6 aromatic rings. The summed E-state index contributed by atoms with van der Waals surface area (Å²) in [4.78, 5) is 5.47. The van der Waals surface area contributed by atoms with E-state index in [1.807, 2.05) is 0 Å². The molecule has 67 heavy (non-hydrogen) atoms. The van der Waals surface area contributed by atoms with E-state index in [4.69, 9.17) is 0 Å². The third kappa shape index (κ3) is 6.12. The van der Waals surface area contributed by atoms with E-state index in [9.17, 15) is 0 Å². The molecule has 4 aliphatic carbocycles. The molecule has 6 aliphatic rings. The van der Waals surface area contributed by atoms with E-state index in [2.05, 4.69) is 211 Å². The molecule has 0 radical (unpaired) electrons. The second-order valence-electron chi connectivity index (χ2n) is 27.8. The minimum absolute atomic E-state index is 0.0656. The summed E-state index contributed by atoms with van der Waals surface area (Å²) in [5, 5.41) is 2.87. The third-order valence-electron chi connectivity index (χ3n) is 19.1. The van der Waals surface area contributed by atoms with Crippen LogP contribution in [0.5, 0.6) is 0 Å². The smallest absolute Gasteiger partial charge is 0.254 e. The van der Waals surface area contributed by atoms with E-state index in [1.54, 1.807) is 16.7 Å². The Morgan fingerprint density at radius 1 is 0.448 bits per heavy atom. The summed E-state index contributed by atoms with van der Waals surface area (Å²) >= 11 is 2.06. The zero-order valence-corrected chi connectivity index (χ0v) is 44.7. The number of rotatable bonds is 2. The fourth-order valence-electron chi connectivity index (χ4n) is 14.5. The summed E-state index contributed by atoms with van der Waals surface area (Å²) in [6.07, 6.45) is 8.65. The van der Waals surface area contributed by atoms with Crippen molar-refractivity contribution in [1.82, 2.24) is 0 Å². The molecule has 4 heteroatoms. The molecule has 2 aliphatic heterocycles. The quantitative estimate of drug-likeness (QED) is 0.160. The molecule has 2 nitrogen and oxygen atoms in total. The first-order chi connectivity index (χ1) is 31.1. The first kappa shape index (κ1) is 44.0. The first-order valence-electron chi connectivity index (χ1n) is 26.0. The van der Waals surface area contributed by atoms with Gasteiger partial charge in [-0.1, -0.05) is 135 Å². The van der Waals surface area contributed by atoms with Crippen molar-refractivity contribution in [2.75, 3.05) is 9.80 Å². The van der Waals surface area contributed by atoms with Crippen LogP contribution in [0, 0.1) is 0 Å². The van der Waals surface area contributed by atoms with E-state index in [0.717, 1.165) is 0 Å². The zero-order chi connectivity index (χ0) is 47.6. The molecular formula is C63H75BN2S. The number of fused-ring (bicyclic) bond motifs is 13. The first-order valence-corrected chi connectivity index (χ1v) is 26.8. The lowest BCUT2D eigenvalue weighted by Crippen LogP contribution is -2.61. The Hall–Kier alpha value is -4.28. The van der Waals surface area contributed by atoms with Gasteiger partial charge in [-0.2, -0.15) is 0 Å². The minimum Gasteiger partial charge on any atom is -0.311 e. The van der Waals surface area contributed by atoms with Gasteiger partial charge in [0.15, 0.2) is 0 Å². The summed E-state index contributed by atoms with van der Waals surface area (Å²) in [5.41, 5.74) is 24.0. The monoisotopic (exact) mass is 903 g/mol. The highest BCUT2D eigenvalue weighted by Gasteiger charge is 2.54. The predicted octanol–water partition coefficient (Wildman–Crippen LogP) is 16.0. The van der Waals surface area contributed by atoms with Crippen LogP contribution in [0.25, 0.3) is 10.1 Å². The lowest BCUT2D eigenvalue weighted by Gasteiger charge is -2.48. The van der Waals surface area contributed by atoms with Gasteiger partial charge >= 0.3 is 0 Å². The number of thiophene rings is 1. The summed E-state index contributed by atoms with van der Waals surface area (Å²) in [5.74, 6) is 0. The van der Waals surface area contributed by atoms with Crippen molar-refractivity contribution >= 4 is 78.0 Å². The van der Waals surface area contributed by atoms with Gasteiger partial charge in [0.2, 0.25) is 0 Å². The lowest BCUT2D eigenvalue weighted by atomic mass is 9.33. The van der Waals surface area contributed by atoms with Gasteiger partial charge in [0.25, 0.3) is 6.71 Å². The average molecular weight is 903 g/mol. The molecule has 5 aromatic carbocycles. The standard InChI is InChI=1S/C63H75BN2S/c1-56(2,3)37-17-19-39(20-18-37)66-51-30-38(57(4,5)6)29-50-54(51)64(53-41-32-46-47(35-52(41)67-55(53)66)63(16)28-27-62(46,15)36-63)48-33-44-45(61(13,14)26-25-60(44,11)12)34-49(48)65(50)40-21-22-42-43(31-40)59(9,10)24-23-58(42,7)8/h17-22,29-35H,23-28,36H2,1-16H3. The lowest BCUT2D eigenvalue weighted by molar-refractivity contribution is 0.332. The van der Waals surface area contributed by atoms with Crippen molar-refractivity contribution in [3.63, 3.8) is 0 Å². The van der Waals surface area contributed by atoms with E-state index in [1.165, 1.54) is 133 Å². The SMILES string of the molecule is CC(C)(C)c1ccc(N2c3cc(C(C)(C)C)cc4c3B(c3cc5c(cc3N4c3ccc4c(c3)C(C)(C)CCC4(C)C)C(C)(C)CCC5(C)C)c3c2sc2cc4c(cc32)C2(C)CCC4(C)C2)cc1. The van der Waals surface area contributed by atoms with Gasteiger partial charge in [-0.25, -0.2) is 0 Å². The third-order valence-corrected chi connectivity index (χ3v) is 20.2. The Labute approximate surface area is 408 Å². The van der Waals surface area contributed by atoms with Crippen molar-refractivity contribution < 1.29 is 0 Å². The van der Waals surface area contributed by atoms with Crippen LogP contribution in [-0.2, 0) is 43.3 Å². The minimum atomic E-state index is -0.0795. The summed E-state index contributed by atoms with van der Waals surface area (Å²) in [6, 6.07) is 33.4. The maximum absolute atomic E-state index is 2.76. The number of hydrogen-bond donors (Lipinski definition) is 0. The number of anilines is 6. The van der Waals surface area contributed by atoms with Crippen molar-refractivity contribution in [1.29, 1.82) is 0 Å². The fourth-order valence-corrected chi connectivity index (χ4v) is 15.8. The van der Waals surface area contributed by atoms with Crippen LogP contribution in [0.4, 0.5) is 33.4 Å². The highest BCUT2D eigenvalue weighted by molar-refractivity contribution is 7.26. The molecule has 2 bridgehead atoms. The molecule has 2 atom stereocenters. The molecule has 1 saturated carbocycles. The number of hydrogen-bond acceptors (Lipinski definition) is 3. The van der Waals surface area contributed by atoms with Gasteiger partial charge in [-0.15, -0.1) is 11.3 Å². The molecular weight excluding hydrogens is 828 g/mol. The average Bonchev–Trinajstić information content (AvgIpc) is 3.86. The maximum atomic E-state index is 2.76. The van der Waals surface area contributed by atoms with E-state index >= 15 is 0 Å². The topological polar surface area (TPSA) is 6.48 Å². The largest absolute Gasteiger partial charge is 0.311 e. The maximum Gasteiger partial charge on any atom is 0.254 e. The van der Waals surface area contributed by atoms with Crippen LogP contribution in [0.2, 0.25) is 0 Å². The Kier molecular flexibility index (Phi) is 8.74. The molecule has 0 saturated heterocycles. The Bertz CT molecular complexity index is 3120. The van der Waals surface area contributed by atoms with Crippen LogP contribution in [0.15, 0.2) is 78.9 Å².